The van der Waals surface area contributed by atoms with Crippen LogP contribution in [0.25, 0.3) is 16.6 Å². The van der Waals surface area contributed by atoms with Crippen LogP contribution in [-0.4, -0.2) is 27.7 Å². The number of benzene rings is 2. The van der Waals surface area contributed by atoms with E-state index in [-0.39, 0.29) is 28.0 Å². The lowest BCUT2D eigenvalue weighted by atomic mass is 10.1. The third-order valence-corrected chi connectivity index (χ3v) is 5.81. The quantitative estimate of drug-likeness (QED) is 0.475. The molecule has 0 fully saturated rings. The fraction of sp³-hybridized carbons (Fsp3) is 0.0952. The number of nitrogens with one attached hydrogen (secondary N) is 1. The van der Waals surface area contributed by atoms with E-state index in [1.165, 1.54) is 35.5 Å². The molecule has 0 saturated heterocycles. The highest BCUT2D eigenvalue weighted by Crippen LogP contribution is 2.25. The SMILES string of the molecule is CN(Cc1ccc(F)c(-n2c(=O)[nH]c3csc(C(=O)O)c3c2=O)c1)c1c(F)cccc1F. The average Bonchev–Trinajstić information content (AvgIpc) is 3.14. The maximum Gasteiger partial charge on any atom is 0.346 e. The molecular weight excluding hydrogens is 447 g/mol. The van der Waals surface area contributed by atoms with Gasteiger partial charge in [0.25, 0.3) is 5.56 Å². The Kier molecular flexibility index (Phi) is 5.35. The molecule has 0 aliphatic rings. The summed E-state index contributed by atoms with van der Waals surface area (Å²) in [4.78, 5) is 40.2. The van der Waals surface area contributed by atoms with Crippen molar-refractivity contribution in [3.63, 3.8) is 0 Å². The molecule has 2 heterocycles. The molecule has 0 aliphatic carbocycles. The van der Waals surface area contributed by atoms with Crippen LogP contribution in [0.15, 0.2) is 51.4 Å². The summed E-state index contributed by atoms with van der Waals surface area (Å²) < 4.78 is 43.3. The number of aromatic carboxylic acids is 1. The lowest BCUT2D eigenvalue weighted by Crippen LogP contribution is -2.34. The Hall–Kier alpha value is -3.86. The van der Waals surface area contributed by atoms with Gasteiger partial charge in [-0.2, -0.15) is 0 Å². The van der Waals surface area contributed by atoms with Gasteiger partial charge < -0.3 is 15.0 Å². The number of halogens is 3. The molecule has 7 nitrogen and oxygen atoms in total. The molecule has 2 aromatic carbocycles. The molecule has 0 aliphatic heterocycles. The minimum absolute atomic E-state index is 0.0324. The topological polar surface area (TPSA) is 95.4 Å². The molecule has 0 saturated carbocycles. The second kappa shape index (κ2) is 8.00. The van der Waals surface area contributed by atoms with Crippen LogP contribution in [0.4, 0.5) is 18.9 Å². The van der Waals surface area contributed by atoms with Crippen molar-refractivity contribution in [1.82, 2.24) is 9.55 Å². The third-order valence-electron chi connectivity index (χ3n) is 4.84. The summed E-state index contributed by atoms with van der Waals surface area (Å²) in [7, 11) is 1.43. The first-order chi connectivity index (χ1) is 15.2. The molecule has 0 atom stereocenters. The van der Waals surface area contributed by atoms with E-state index < -0.39 is 40.4 Å². The van der Waals surface area contributed by atoms with Crippen molar-refractivity contribution in [3.05, 3.63) is 90.5 Å². The van der Waals surface area contributed by atoms with Crippen molar-refractivity contribution in [2.24, 2.45) is 0 Å². The number of rotatable bonds is 5. The summed E-state index contributed by atoms with van der Waals surface area (Å²) in [5.41, 5.74) is -2.28. The summed E-state index contributed by atoms with van der Waals surface area (Å²) in [6, 6.07) is 6.97. The smallest absolute Gasteiger partial charge is 0.346 e. The van der Waals surface area contributed by atoms with E-state index in [2.05, 4.69) is 4.98 Å². The zero-order valence-electron chi connectivity index (χ0n) is 16.4. The van der Waals surface area contributed by atoms with Gasteiger partial charge in [0, 0.05) is 19.0 Å². The predicted molar refractivity (Wildman–Crippen MR) is 113 cm³/mol. The van der Waals surface area contributed by atoms with Crippen molar-refractivity contribution in [3.8, 4) is 5.69 Å². The number of aromatic amines is 1. The number of fused-ring (bicyclic) bond motifs is 1. The highest BCUT2D eigenvalue weighted by molar-refractivity contribution is 7.13. The number of hydrogen-bond donors (Lipinski definition) is 2. The van der Waals surface area contributed by atoms with Crippen LogP contribution in [0.5, 0.6) is 0 Å². The Morgan fingerprint density at radius 1 is 1.12 bits per heavy atom. The number of carboxylic acids is 1. The number of para-hydroxylation sites is 1. The van der Waals surface area contributed by atoms with Crippen molar-refractivity contribution >= 4 is 33.9 Å². The monoisotopic (exact) mass is 461 g/mol. The van der Waals surface area contributed by atoms with Gasteiger partial charge in [-0.15, -0.1) is 11.3 Å². The normalized spacial score (nSPS) is 11.1. The number of aromatic nitrogens is 2. The number of carbonyl (C=O) groups is 1. The molecule has 4 rings (SSSR count). The second-order valence-electron chi connectivity index (χ2n) is 6.94. The largest absolute Gasteiger partial charge is 0.477 e. The fourth-order valence-corrected chi connectivity index (χ4v) is 4.28. The summed E-state index contributed by atoms with van der Waals surface area (Å²) in [5, 5.41) is 10.4. The zero-order chi connectivity index (χ0) is 23.2. The van der Waals surface area contributed by atoms with E-state index in [1.807, 2.05) is 0 Å². The van der Waals surface area contributed by atoms with Crippen molar-refractivity contribution in [2.45, 2.75) is 6.54 Å². The van der Waals surface area contributed by atoms with Gasteiger partial charge in [0.1, 0.15) is 28.0 Å². The highest BCUT2D eigenvalue weighted by atomic mass is 32.1. The number of H-pyrrole nitrogens is 1. The molecule has 164 valence electrons. The molecule has 4 aromatic rings. The lowest BCUT2D eigenvalue weighted by Gasteiger charge is -2.21. The molecule has 0 bridgehead atoms. The Morgan fingerprint density at radius 2 is 1.81 bits per heavy atom. The van der Waals surface area contributed by atoms with Crippen molar-refractivity contribution in [2.75, 3.05) is 11.9 Å². The number of carboxylic acid groups (broad SMARTS) is 1. The van der Waals surface area contributed by atoms with Gasteiger partial charge in [-0.25, -0.2) is 27.3 Å². The van der Waals surface area contributed by atoms with Gasteiger partial charge in [0.2, 0.25) is 0 Å². The van der Waals surface area contributed by atoms with E-state index in [9.17, 15) is 32.7 Å². The molecule has 0 unspecified atom stereocenters. The molecule has 2 aromatic heterocycles. The Balaban J connectivity index is 1.83. The maximum atomic E-state index is 14.6. The van der Waals surface area contributed by atoms with E-state index in [0.29, 0.717) is 10.1 Å². The van der Waals surface area contributed by atoms with Crippen molar-refractivity contribution in [1.29, 1.82) is 0 Å². The molecule has 0 radical (unpaired) electrons. The molecule has 32 heavy (non-hydrogen) atoms. The Labute approximate surface area is 181 Å². The van der Waals surface area contributed by atoms with Gasteiger partial charge in [-0.3, -0.25) is 4.79 Å². The van der Waals surface area contributed by atoms with E-state index in [1.54, 1.807) is 0 Å². The standard InChI is InChI=1S/C21H14F3N3O4S/c1-26(17-12(23)3-2-4-13(17)24)8-10-5-6-11(22)15(7-10)27-19(28)16-14(25-21(27)31)9-32-18(16)20(29)30/h2-7,9H,8H2,1H3,(H,25,31)(H,29,30). The Bertz CT molecular complexity index is 1470. The van der Waals surface area contributed by atoms with Crippen LogP contribution in [0.1, 0.15) is 15.2 Å². The van der Waals surface area contributed by atoms with Crippen LogP contribution < -0.4 is 16.1 Å². The maximum absolute atomic E-state index is 14.6. The van der Waals surface area contributed by atoms with Gasteiger partial charge >= 0.3 is 11.7 Å². The first-order valence-corrected chi connectivity index (χ1v) is 10.0. The van der Waals surface area contributed by atoms with Gasteiger partial charge in [0.05, 0.1) is 16.6 Å². The van der Waals surface area contributed by atoms with Crippen LogP contribution in [0.3, 0.4) is 0 Å². The minimum atomic E-state index is -1.36. The molecular formula is C21H14F3N3O4S. The summed E-state index contributed by atoms with van der Waals surface area (Å²) >= 11 is 0.759. The zero-order valence-corrected chi connectivity index (χ0v) is 17.2. The van der Waals surface area contributed by atoms with Gasteiger partial charge in [-0.1, -0.05) is 12.1 Å². The van der Waals surface area contributed by atoms with Crippen LogP contribution in [0, 0.1) is 17.5 Å². The molecule has 2 N–H and O–H groups in total. The summed E-state index contributed by atoms with van der Waals surface area (Å²) in [5.74, 6) is -3.84. The fourth-order valence-electron chi connectivity index (χ4n) is 3.45. The van der Waals surface area contributed by atoms with Gasteiger partial charge in [-0.05, 0) is 29.8 Å². The van der Waals surface area contributed by atoms with Crippen molar-refractivity contribution < 1.29 is 23.1 Å². The Morgan fingerprint density at radius 3 is 2.47 bits per heavy atom. The number of nitrogens with zero attached hydrogens (tertiary/aromatic N) is 2. The average molecular weight is 461 g/mol. The first-order valence-electron chi connectivity index (χ1n) is 9.12. The number of thiophene rings is 1. The third kappa shape index (κ3) is 3.56. The van der Waals surface area contributed by atoms with E-state index in [4.69, 9.17) is 0 Å². The molecule has 0 spiro atoms. The lowest BCUT2D eigenvalue weighted by molar-refractivity contribution is 0.0704. The van der Waals surface area contributed by atoms with Crippen LogP contribution in [-0.2, 0) is 6.54 Å². The molecule has 11 heteroatoms. The van der Waals surface area contributed by atoms with E-state index in [0.717, 1.165) is 29.5 Å². The number of hydrogen-bond acceptors (Lipinski definition) is 5. The van der Waals surface area contributed by atoms with Gasteiger partial charge in [0.15, 0.2) is 0 Å². The van der Waals surface area contributed by atoms with Crippen LogP contribution in [0.2, 0.25) is 0 Å². The summed E-state index contributed by atoms with van der Waals surface area (Å²) in [6.07, 6.45) is 0. The summed E-state index contributed by atoms with van der Waals surface area (Å²) in [6.45, 7) is -0.0706. The second-order valence-corrected chi connectivity index (χ2v) is 7.82. The minimum Gasteiger partial charge on any atom is -0.477 e. The molecule has 0 amide bonds. The first kappa shape index (κ1) is 21.4. The highest BCUT2D eigenvalue weighted by Gasteiger charge is 2.21. The van der Waals surface area contributed by atoms with Crippen LogP contribution >= 0.6 is 11.3 Å². The number of anilines is 1. The van der Waals surface area contributed by atoms with E-state index >= 15 is 0 Å². The predicted octanol–water partition coefficient (Wildman–Crippen LogP) is 3.49.